The van der Waals surface area contributed by atoms with Crippen molar-refractivity contribution in [2.45, 2.75) is 129 Å². The van der Waals surface area contributed by atoms with Crippen LogP contribution in [0.25, 0.3) is 0 Å². The van der Waals surface area contributed by atoms with Gasteiger partial charge in [0.05, 0.1) is 7.11 Å². The van der Waals surface area contributed by atoms with Gasteiger partial charge in [0, 0.05) is 61.0 Å². The second-order valence-corrected chi connectivity index (χ2v) is 11.2. The minimum absolute atomic E-state index is 0.0613. The summed E-state index contributed by atoms with van der Waals surface area (Å²) in [5.74, 6) is -4.90. The van der Waals surface area contributed by atoms with Gasteiger partial charge in [-0.05, 0) is 12.8 Å². The van der Waals surface area contributed by atoms with Crippen LogP contribution in [0.5, 0.6) is 0 Å². The van der Waals surface area contributed by atoms with E-state index in [4.69, 9.17) is 47.4 Å². The lowest BCUT2D eigenvalue weighted by atomic mass is 9.97. The van der Waals surface area contributed by atoms with Crippen molar-refractivity contribution in [1.29, 1.82) is 0 Å². The van der Waals surface area contributed by atoms with Crippen molar-refractivity contribution in [2.75, 3.05) is 26.9 Å². The number of ether oxygens (including phenoxy) is 11. The second kappa shape index (κ2) is 20.6. The molecule has 0 amide bonds. The van der Waals surface area contributed by atoms with Crippen molar-refractivity contribution < 1.29 is 85.7 Å². The van der Waals surface area contributed by atoms with Gasteiger partial charge in [0.2, 0.25) is 0 Å². The van der Waals surface area contributed by atoms with Gasteiger partial charge < -0.3 is 52.1 Å². The minimum Gasteiger partial charge on any atom is -0.469 e. The van der Waals surface area contributed by atoms with Gasteiger partial charge in [-0.25, -0.2) is 0 Å². The maximum absolute atomic E-state index is 12.3. The maximum atomic E-state index is 12.3. The second-order valence-electron chi connectivity index (χ2n) is 11.2. The van der Waals surface area contributed by atoms with Gasteiger partial charge in [0.1, 0.15) is 37.6 Å². The van der Waals surface area contributed by atoms with E-state index in [0.29, 0.717) is 19.3 Å². The summed E-state index contributed by atoms with van der Waals surface area (Å²) in [4.78, 5) is 83.6. The van der Waals surface area contributed by atoms with Gasteiger partial charge in [-0.2, -0.15) is 0 Å². The molecule has 9 atom stereocenters. The van der Waals surface area contributed by atoms with Gasteiger partial charge in [0.15, 0.2) is 30.9 Å². The first kappa shape index (κ1) is 41.3. The Hall–Kier alpha value is -3.87. The van der Waals surface area contributed by atoms with Crippen molar-refractivity contribution >= 4 is 41.8 Å². The number of carbonyl (C=O) groups is 7. The molecule has 0 aromatic carbocycles. The van der Waals surface area contributed by atoms with Gasteiger partial charge in [-0.15, -0.1) is 0 Å². The van der Waals surface area contributed by atoms with E-state index in [1.165, 1.54) is 21.0 Å². The number of hydrogen-bond acceptors (Lipinski definition) is 18. The SMILES string of the molecule is COC(=O)CCCCCO[C@H]1C[C@@H](OC(C)=O)[C@H](O[C@@H]2O[C@H](COC(C)=O)[C@H](OC(C)=O)[C@H](OC(C)=O)[C@H]2OC(C)=O)[C@@H](COC(C)=O)O1. The Morgan fingerprint density at radius 2 is 1.12 bits per heavy atom. The van der Waals surface area contributed by atoms with Crippen molar-refractivity contribution in [1.82, 2.24) is 0 Å². The Morgan fingerprint density at radius 1 is 0.592 bits per heavy atom. The predicted molar refractivity (Wildman–Crippen MR) is 159 cm³/mol. The van der Waals surface area contributed by atoms with Crippen LogP contribution in [0.2, 0.25) is 0 Å². The minimum atomic E-state index is -1.64. The summed E-state index contributed by atoms with van der Waals surface area (Å²) in [6.45, 7) is 6.00. The highest BCUT2D eigenvalue weighted by atomic mass is 16.8. The lowest BCUT2D eigenvalue weighted by Crippen LogP contribution is -2.65. The summed E-state index contributed by atoms with van der Waals surface area (Å²) in [5.41, 5.74) is 0. The molecule has 0 aliphatic carbocycles. The predicted octanol–water partition coefficient (Wildman–Crippen LogP) is 0.815. The first-order chi connectivity index (χ1) is 23.1. The molecular weight excluding hydrogens is 660 g/mol. The van der Waals surface area contributed by atoms with Crippen molar-refractivity contribution in [2.24, 2.45) is 0 Å². The zero-order chi connectivity index (χ0) is 36.7. The van der Waals surface area contributed by atoms with Crippen molar-refractivity contribution in [3.05, 3.63) is 0 Å². The highest BCUT2D eigenvalue weighted by Gasteiger charge is 2.55. The summed E-state index contributed by atoms with van der Waals surface area (Å²) in [6, 6.07) is 0. The Kier molecular flexibility index (Phi) is 17.4. The van der Waals surface area contributed by atoms with E-state index in [-0.39, 0.29) is 25.4 Å². The molecule has 0 aromatic rings. The number of unbranched alkanes of at least 4 members (excludes halogenated alkanes) is 2. The third kappa shape index (κ3) is 14.6. The molecule has 0 unspecified atom stereocenters. The van der Waals surface area contributed by atoms with Crippen LogP contribution in [-0.2, 0) is 85.7 Å². The fourth-order valence-corrected chi connectivity index (χ4v) is 5.15. The fourth-order valence-electron chi connectivity index (χ4n) is 5.15. The number of methoxy groups -OCH3 is 1. The molecular formula is C31H46O18. The third-order valence-corrected chi connectivity index (χ3v) is 7.05. The topological polar surface area (TPSA) is 221 Å². The van der Waals surface area contributed by atoms with E-state index in [2.05, 4.69) is 4.74 Å². The molecule has 0 radical (unpaired) electrons. The van der Waals surface area contributed by atoms with E-state index in [1.54, 1.807) is 0 Å². The van der Waals surface area contributed by atoms with Crippen LogP contribution in [0.15, 0.2) is 0 Å². The Balaban J connectivity index is 2.43. The van der Waals surface area contributed by atoms with Crippen LogP contribution in [0.4, 0.5) is 0 Å². The molecule has 0 N–H and O–H groups in total. The number of hydrogen-bond donors (Lipinski definition) is 0. The summed E-state index contributed by atoms with van der Waals surface area (Å²) < 4.78 is 61.1. The van der Waals surface area contributed by atoms with E-state index in [0.717, 1.165) is 27.7 Å². The first-order valence-electron chi connectivity index (χ1n) is 15.7. The fraction of sp³-hybridized carbons (Fsp3) is 0.774. The van der Waals surface area contributed by atoms with Crippen molar-refractivity contribution in [3.63, 3.8) is 0 Å². The molecule has 2 fully saturated rings. The normalized spacial score (nSPS) is 27.9. The van der Waals surface area contributed by atoms with E-state index >= 15 is 0 Å². The molecule has 2 aliphatic rings. The molecule has 278 valence electrons. The van der Waals surface area contributed by atoms with E-state index in [1.807, 2.05) is 0 Å². The molecule has 49 heavy (non-hydrogen) atoms. The molecule has 2 rings (SSSR count). The average Bonchev–Trinajstić information content (AvgIpc) is 2.99. The molecule has 18 nitrogen and oxygen atoms in total. The van der Waals surface area contributed by atoms with Crippen LogP contribution in [0, 0.1) is 0 Å². The van der Waals surface area contributed by atoms with Crippen LogP contribution >= 0.6 is 0 Å². The summed E-state index contributed by atoms with van der Waals surface area (Å²) in [5, 5.41) is 0. The van der Waals surface area contributed by atoms with Crippen LogP contribution in [0.3, 0.4) is 0 Å². The molecule has 0 bridgehead atoms. The molecule has 2 heterocycles. The van der Waals surface area contributed by atoms with Gasteiger partial charge in [-0.1, -0.05) is 6.42 Å². The highest BCUT2D eigenvalue weighted by molar-refractivity contribution is 5.69. The summed E-state index contributed by atoms with van der Waals surface area (Å²) in [6.07, 6.45) is -9.98. The summed E-state index contributed by atoms with van der Waals surface area (Å²) >= 11 is 0. The lowest BCUT2D eigenvalue weighted by molar-refractivity contribution is -0.346. The van der Waals surface area contributed by atoms with E-state index < -0.39 is 104 Å². The number of carbonyl (C=O) groups excluding carboxylic acids is 7. The monoisotopic (exact) mass is 706 g/mol. The van der Waals surface area contributed by atoms with Crippen LogP contribution in [0.1, 0.15) is 73.6 Å². The molecule has 18 heteroatoms. The van der Waals surface area contributed by atoms with Crippen LogP contribution in [-0.4, -0.2) is 124 Å². The highest BCUT2D eigenvalue weighted by Crippen LogP contribution is 2.34. The summed E-state index contributed by atoms with van der Waals surface area (Å²) in [7, 11) is 1.31. The van der Waals surface area contributed by atoms with Crippen molar-refractivity contribution in [3.8, 4) is 0 Å². The third-order valence-electron chi connectivity index (χ3n) is 7.05. The first-order valence-corrected chi connectivity index (χ1v) is 15.7. The number of esters is 7. The Bertz CT molecular complexity index is 1160. The largest absolute Gasteiger partial charge is 0.469 e. The van der Waals surface area contributed by atoms with E-state index in [9.17, 15) is 33.6 Å². The maximum Gasteiger partial charge on any atom is 0.305 e. The van der Waals surface area contributed by atoms with Crippen LogP contribution < -0.4 is 0 Å². The zero-order valence-electron chi connectivity index (χ0n) is 28.7. The Morgan fingerprint density at radius 3 is 1.65 bits per heavy atom. The van der Waals surface area contributed by atoms with Gasteiger partial charge in [0.25, 0.3) is 0 Å². The molecule has 2 aliphatic heterocycles. The molecule has 0 aromatic heterocycles. The van der Waals surface area contributed by atoms with Gasteiger partial charge >= 0.3 is 41.8 Å². The molecule has 0 saturated carbocycles. The molecule has 0 spiro atoms. The zero-order valence-corrected chi connectivity index (χ0v) is 28.7. The average molecular weight is 707 g/mol. The lowest BCUT2D eigenvalue weighted by Gasteiger charge is -2.47. The molecule has 2 saturated heterocycles. The quantitative estimate of drug-likeness (QED) is 0.116. The van der Waals surface area contributed by atoms with Gasteiger partial charge in [-0.3, -0.25) is 33.6 Å². The Labute approximate surface area is 283 Å². The smallest absolute Gasteiger partial charge is 0.305 e. The standard InChI is InChI=1S/C31H46O18/c1-16(32)41-14-23-27(22(43-18(3)34)13-26(47-23)40-12-10-8-9-11-25(38)39-7)49-31-30(46-21(6)37)29(45-20(5)36)28(44-19(4)35)24(48-31)15-42-17(2)33/h22-24,26-31H,8-15H2,1-7H3/t22-,23-,24-,26-,27+,28+,29+,30-,31+/m1/s1. The number of rotatable bonds is 17.